The number of aryl methyl sites for hydroxylation is 3. The van der Waals surface area contributed by atoms with Crippen molar-refractivity contribution in [3.63, 3.8) is 0 Å². The summed E-state index contributed by atoms with van der Waals surface area (Å²) in [6, 6.07) is 8.52. The molecule has 0 aliphatic rings. The van der Waals surface area contributed by atoms with Crippen molar-refractivity contribution in [2.45, 2.75) is 20.1 Å². The minimum Gasteiger partial charge on any atom is -0.485 e. The van der Waals surface area contributed by atoms with Gasteiger partial charge in [0, 0.05) is 37.4 Å². The Labute approximate surface area is 200 Å². The highest BCUT2D eigenvalue weighted by atomic mass is 35.5. The first-order chi connectivity index (χ1) is 16.3. The summed E-state index contributed by atoms with van der Waals surface area (Å²) in [4.78, 5) is 25.4. The van der Waals surface area contributed by atoms with Gasteiger partial charge >= 0.3 is 0 Å². The van der Waals surface area contributed by atoms with E-state index in [0.717, 1.165) is 11.1 Å². The van der Waals surface area contributed by atoms with Crippen LogP contribution in [0, 0.1) is 6.92 Å². The summed E-state index contributed by atoms with van der Waals surface area (Å²) < 4.78 is 14.4. The summed E-state index contributed by atoms with van der Waals surface area (Å²) in [7, 11) is 3.42. The van der Waals surface area contributed by atoms with Crippen molar-refractivity contribution in [2.75, 3.05) is 5.32 Å². The van der Waals surface area contributed by atoms with Crippen LogP contribution in [-0.4, -0.2) is 31.4 Å². The molecule has 0 saturated carbocycles. The van der Waals surface area contributed by atoms with Crippen LogP contribution in [-0.2, 0) is 27.2 Å². The normalized spacial score (nSPS) is 10.8. The lowest BCUT2D eigenvalue weighted by atomic mass is 10.2. The third-order valence-corrected chi connectivity index (χ3v) is 5.24. The zero-order valence-electron chi connectivity index (χ0n) is 18.8. The average Bonchev–Trinajstić information content (AvgIpc) is 3.52. The molecule has 1 aromatic carbocycles. The van der Waals surface area contributed by atoms with Crippen molar-refractivity contribution in [1.82, 2.24) is 24.9 Å². The molecule has 0 aliphatic heterocycles. The number of nitrogens with one attached hydrogen (secondary N) is 2. The highest BCUT2D eigenvalue weighted by molar-refractivity contribution is 6.30. The molecule has 2 N–H and O–H groups in total. The number of carbonyl (C=O) groups excluding carboxylic acids is 2. The molecular weight excluding hydrogens is 460 g/mol. The molecule has 0 bridgehead atoms. The summed E-state index contributed by atoms with van der Waals surface area (Å²) in [5.41, 5.74) is 2.22. The maximum Gasteiger partial charge on any atom is 0.291 e. The Hall–Kier alpha value is -4.05. The number of amides is 2. The molecule has 2 amide bonds. The van der Waals surface area contributed by atoms with Crippen LogP contribution in [0.2, 0.25) is 5.02 Å². The third kappa shape index (κ3) is 5.29. The monoisotopic (exact) mass is 482 g/mol. The molecule has 0 fully saturated rings. The zero-order valence-corrected chi connectivity index (χ0v) is 19.6. The fourth-order valence-electron chi connectivity index (χ4n) is 3.31. The molecule has 0 radical (unpaired) electrons. The van der Waals surface area contributed by atoms with Crippen molar-refractivity contribution < 1.29 is 18.7 Å². The van der Waals surface area contributed by atoms with Crippen LogP contribution in [0.1, 0.15) is 37.9 Å². The van der Waals surface area contributed by atoms with Gasteiger partial charge in [-0.15, -0.1) is 0 Å². The SMILES string of the molecule is Cc1cc(Cl)ccc1OCc1ccc(C(=O)Nc2cnn(C)c2C(=O)NCc2cnn(C)c2)o1. The fourth-order valence-corrected chi connectivity index (χ4v) is 3.54. The van der Waals surface area contributed by atoms with Crippen LogP contribution < -0.4 is 15.4 Å². The smallest absolute Gasteiger partial charge is 0.291 e. The number of ether oxygens (including phenoxy) is 1. The Morgan fingerprint density at radius 1 is 1.12 bits per heavy atom. The van der Waals surface area contributed by atoms with Gasteiger partial charge in [0.2, 0.25) is 0 Å². The van der Waals surface area contributed by atoms with Gasteiger partial charge in [-0.05, 0) is 42.8 Å². The zero-order chi connectivity index (χ0) is 24.2. The minimum absolute atomic E-state index is 0.0806. The van der Waals surface area contributed by atoms with E-state index in [1.165, 1.54) is 10.9 Å². The van der Waals surface area contributed by atoms with E-state index in [1.54, 1.807) is 61.5 Å². The summed E-state index contributed by atoms with van der Waals surface area (Å²) in [5.74, 6) is 0.329. The van der Waals surface area contributed by atoms with Crippen LogP contribution >= 0.6 is 11.6 Å². The van der Waals surface area contributed by atoms with E-state index in [2.05, 4.69) is 20.8 Å². The lowest BCUT2D eigenvalue weighted by Crippen LogP contribution is -2.26. The number of aromatic nitrogens is 4. The third-order valence-electron chi connectivity index (χ3n) is 5.01. The second kappa shape index (κ2) is 9.84. The molecule has 4 aromatic rings. The largest absolute Gasteiger partial charge is 0.485 e. The molecule has 0 aliphatic carbocycles. The van der Waals surface area contributed by atoms with Gasteiger partial charge in [-0.3, -0.25) is 19.0 Å². The highest BCUT2D eigenvalue weighted by Crippen LogP contribution is 2.23. The van der Waals surface area contributed by atoms with E-state index in [1.807, 2.05) is 6.92 Å². The van der Waals surface area contributed by atoms with Crippen LogP contribution in [0.3, 0.4) is 0 Å². The van der Waals surface area contributed by atoms with Gasteiger partial charge in [0.05, 0.1) is 18.1 Å². The lowest BCUT2D eigenvalue weighted by molar-refractivity contribution is 0.0942. The number of benzene rings is 1. The summed E-state index contributed by atoms with van der Waals surface area (Å²) >= 11 is 5.96. The number of furan rings is 1. The molecular formula is C23H23ClN6O4. The van der Waals surface area contributed by atoms with Crippen molar-refractivity contribution in [2.24, 2.45) is 14.1 Å². The number of carbonyl (C=O) groups is 2. The second-order valence-electron chi connectivity index (χ2n) is 7.65. The van der Waals surface area contributed by atoms with Gasteiger partial charge in [-0.25, -0.2) is 0 Å². The first-order valence-electron chi connectivity index (χ1n) is 10.4. The topological polar surface area (TPSA) is 116 Å². The highest BCUT2D eigenvalue weighted by Gasteiger charge is 2.21. The van der Waals surface area contributed by atoms with Crippen molar-refractivity contribution in [1.29, 1.82) is 0 Å². The van der Waals surface area contributed by atoms with E-state index >= 15 is 0 Å². The lowest BCUT2D eigenvalue weighted by Gasteiger charge is -2.08. The Morgan fingerprint density at radius 3 is 2.68 bits per heavy atom. The van der Waals surface area contributed by atoms with Crippen LogP contribution in [0.25, 0.3) is 0 Å². The number of halogens is 1. The van der Waals surface area contributed by atoms with Gasteiger partial charge < -0.3 is 19.8 Å². The predicted octanol–water partition coefficient (Wildman–Crippen LogP) is 3.47. The number of nitrogens with zero attached hydrogens (tertiary/aromatic N) is 4. The molecule has 0 atom stereocenters. The summed E-state index contributed by atoms with van der Waals surface area (Å²) in [6.45, 7) is 2.32. The van der Waals surface area contributed by atoms with Gasteiger partial charge in [-0.1, -0.05) is 11.6 Å². The van der Waals surface area contributed by atoms with Crippen molar-refractivity contribution >= 4 is 29.1 Å². The Morgan fingerprint density at radius 2 is 1.94 bits per heavy atom. The first kappa shape index (κ1) is 23.1. The van der Waals surface area contributed by atoms with E-state index in [0.29, 0.717) is 23.1 Å². The van der Waals surface area contributed by atoms with Crippen molar-refractivity contribution in [3.05, 3.63) is 82.3 Å². The molecule has 176 valence electrons. The average molecular weight is 483 g/mol. The predicted molar refractivity (Wildman–Crippen MR) is 125 cm³/mol. The van der Waals surface area contributed by atoms with E-state index < -0.39 is 5.91 Å². The summed E-state index contributed by atoms with van der Waals surface area (Å²) in [6.07, 6.45) is 4.88. The van der Waals surface area contributed by atoms with E-state index in [4.69, 9.17) is 20.8 Å². The molecule has 11 heteroatoms. The maximum atomic E-state index is 12.7. The molecule has 0 saturated heterocycles. The first-order valence-corrected chi connectivity index (χ1v) is 10.7. The molecule has 34 heavy (non-hydrogen) atoms. The van der Waals surface area contributed by atoms with Gasteiger partial charge in [-0.2, -0.15) is 10.2 Å². The minimum atomic E-state index is -0.511. The van der Waals surface area contributed by atoms with Gasteiger partial charge in [0.1, 0.15) is 23.8 Å². The van der Waals surface area contributed by atoms with E-state index in [9.17, 15) is 9.59 Å². The van der Waals surface area contributed by atoms with Gasteiger partial charge in [0.15, 0.2) is 5.76 Å². The maximum absolute atomic E-state index is 12.7. The van der Waals surface area contributed by atoms with Crippen LogP contribution in [0.4, 0.5) is 5.69 Å². The van der Waals surface area contributed by atoms with Gasteiger partial charge in [0.25, 0.3) is 11.8 Å². The standard InChI is InChI=1S/C23H23ClN6O4/c1-14-8-16(24)4-6-19(14)33-13-17-5-7-20(34-17)22(31)28-18-11-27-30(3)21(18)23(32)25-9-15-10-26-29(2)12-15/h4-8,10-12H,9,13H2,1-3H3,(H,25,32)(H,28,31). The summed E-state index contributed by atoms with van der Waals surface area (Å²) in [5, 5.41) is 14.3. The number of rotatable bonds is 8. The van der Waals surface area contributed by atoms with Crippen molar-refractivity contribution in [3.8, 4) is 5.75 Å². The molecule has 3 heterocycles. The molecule has 4 rings (SSSR count). The molecule has 0 unspecified atom stereocenters. The van der Waals surface area contributed by atoms with E-state index in [-0.39, 0.29) is 29.7 Å². The second-order valence-corrected chi connectivity index (χ2v) is 8.09. The fraction of sp³-hybridized carbons (Fsp3) is 0.217. The Bertz CT molecular complexity index is 1340. The number of hydrogen-bond donors (Lipinski definition) is 2. The Balaban J connectivity index is 1.38. The van der Waals surface area contributed by atoms with Crippen LogP contribution in [0.15, 0.2) is 53.3 Å². The number of anilines is 1. The number of hydrogen-bond acceptors (Lipinski definition) is 6. The quantitative estimate of drug-likeness (QED) is 0.397. The molecule has 10 nitrogen and oxygen atoms in total. The van der Waals surface area contributed by atoms with Crippen LogP contribution in [0.5, 0.6) is 5.75 Å². The molecule has 3 aromatic heterocycles. The molecule has 0 spiro atoms. The Kier molecular flexibility index (Phi) is 6.69.